The molecule has 0 saturated carbocycles. The van der Waals surface area contributed by atoms with Gasteiger partial charge in [-0.25, -0.2) is 14.4 Å². The zero-order valence-electron chi connectivity index (χ0n) is 19.1. The maximum atomic E-state index is 13.3. The number of hydrogen-bond acceptors (Lipinski definition) is 7. The molecule has 5 rings (SSSR count). The van der Waals surface area contributed by atoms with E-state index in [1.165, 1.54) is 12.1 Å². The average Bonchev–Trinajstić information content (AvgIpc) is 3.25. The first-order valence-corrected chi connectivity index (χ1v) is 11.4. The maximum Gasteiger partial charge on any atom is 0.153 e. The molecule has 2 aromatic carbocycles. The summed E-state index contributed by atoms with van der Waals surface area (Å²) in [6.07, 6.45) is 0.479. The van der Waals surface area contributed by atoms with Gasteiger partial charge in [-0.15, -0.1) is 0 Å². The van der Waals surface area contributed by atoms with Crippen molar-refractivity contribution in [2.45, 2.75) is 13.3 Å². The van der Waals surface area contributed by atoms with Crippen molar-refractivity contribution in [2.75, 3.05) is 44.8 Å². The molecule has 0 atom stereocenters. The number of halogens is 1. The zero-order chi connectivity index (χ0) is 23.3. The molecule has 176 valence electrons. The van der Waals surface area contributed by atoms with E-state index >= 15 is 0 Å². The minimum absolute atomic E-state index is 0.265. The Kier molecular flexibility index (Phi) is 6.64. The van der Waals surface area contributed by atoms with E-state index in [9.17, 15) is 4.39 Å². The molecule has 4 aromatic rings. The van der Waals surface area contributed by atoms with Gasteiger partial charge in [0.25, 0.3) is 0 Å². The Morgan fingerprint density at radius 1 is 1.09 bits per heavy atom. The molecule has 1 fully saturated rings. The standard InChI is InChI=1S/C25H27FN6O2/c1-17-14-24(31-30-17)29-25-21-7-6-20(34-13-10-32-8-11-33-12-9-32)16-22(21)27-23(28-25)15-18-2-4-19(26)5-3-18/h2-7,14,16H,8-13,15H2,1H3,(H2,27,28,29,30,31). The van der Waals surface area contributed by atoms with Crippen molar-refractivity contribution in [1.82, 2.24) is 25.1 Å². The normalized spacial score (nSPS) is 14.4. The predicted octanol–water partition coefficient (Wildman–Crippen LogP) is 3.85. The van der Waals surface area contributed by atoms with Gasteiger partial charge < -0.3 is 14.8 Å². The van der Waals surface area contributed by atoms with Crippen molar-refractivity contribution in [3.63, 3.8) is 0 Å². The Hall–Kier alpha value is -3.56. The average molecular weight is 463 g/mol. The monoisotopic (exact) mass is 462 g/mol. The lowest BCUT2D eigenvalue weighted by Gasteiger charge is -2.26. The van der Waals surface area contributed by atoms with Crippen LogP contribution < -0.4 is 10.1 Å². The minimum atomic E-state index is -0.265. The third-order valence-electron chi connectivity index (χ3n) is 5.72. The number of fused-ring (bicyclic) bond motifs is 1. The number of aromatic nitrogens is 4. The van der Waals surface area contributed by atoms with E-state index in [0.29, 0.717) is 30.5 Å². The van der Waals surface area contributed by atoms with E-state index < -0.39 is 0 Å². The Labute approximate surface area is 197 Å². The summed E-state index contributed by atoms with van der Waals surface area (Å²) >= 11 is 0. The van der Waals surface area contributed by atoms with Gasteiger partial charge in [-0.05, 0) is 36.8 Å². The third-order valence-corrected chi connectivity index (χ3v) is 5.72. The molecule has 0 spiro atoms. The molecule has 0 unspecified atom stereocenters. The second-order valence-electron chi connectivity index (χ2n) is 8.33. The van der Waals surface area contributed by atoms with Crippen LogP contribution >= 0.6 is 0 Å². The first-order chi connectivity index (χ1) is 16.6. The second kappa shape index (κ2) is 10.1. The molecular weight excluding hydrogens is 435 g/mol. The zero-order valence-corrected chi connectivity index (χ0v) is 19.1. The Morgan fingerprint density at radius 3 is 2.68 bits per heavy atom. The number of nitrogens with one attached hydrogen (secondary N) is 2. The highest BCUT2D eigenvalue weighted by Gasteiger charge is 2.13. The maximum absolute atomic E-state index is 13.3. The van der Waals surface area contributed by atoms with Gasteiger partial charge in [-0.3, -0.25) is 10.00 Å². The lowest BCUT2D eigenvalue weighted by Crippen LogP contribution is -2.38. The number of benzene rings is 2. The van der Waals surface area contributed by atoms with Crippen LogP contribution in [0.2, 0.25) is 0 Å². The quantitative estimate of drug-likeness (QED) is 0.411. The highest BCUT2D eigenvalue weighted by atomic mass is 19.1. The number of aryl methyl sites for hydroxylation is 1. The third kappa shape index (κ3) is 5.49. The molecule has 0 bridgehead atoms. The highest BCUT2D eigenvalue weighted by Crippen LogP contribution is 2.27. The molecule has 0 aliphatic carbocycles. The second-order valence-corrected chi connectivity index (χ2v) is 8.33. The van der Waals surface area contributed by atoms with Gasteiger partial charge in [-0.1, -0.05) is 12.1 Å². The van der Waals surface area contributed by atoms with Crippen LogP contribution in [0, 0.1) is 12.7 Å². The van der Waals surface area contributed by atoms with Crippen LogP contribution in [0.4, 0.5) is 16.0 Å². The van der Waals surface area contributed by atoms with Crippen LogP contribution in [-0.4, -0.2) is 64.5 Å². The molecule has 1 aliphatic rings. The molecule has 9 heteroatoms. The smallest absolute Gasteiger partial charge is 0.153 e. The topological polar surface area (TPSA) is 88.2 Å². The van der Waals surface area contributed by atoms with Crippen molar-refractivity contribution < 1.29 is 13.9 Å². The van der Waals surface area contributed by atoms with E-state index in [2.05, 4.69) is 20.4 Å². The van der Waals surface area contributed by atoms with Gasteiger partial charge in [0.2, 0.25) is 0 Å². The van der Waals surface area contributed by atoms with Crippen LogP contribution in [0.3, 0.4) is 0 Å². The number of ether oxygens (including phenoxy) is 2. The van der Waals surface area contributed by atoms with E-state index in [1.54, 1.807) is 12.1 Å². The van der Waals surface area contributed by atoms with Gasteiger partial charge in [0.15, 0.2) is 5.82 Å². The number of anilines is 2. The minimum Gasteiger partial charge on any atom is -0.492 e. The van der Waals surface area contributed by atoms with Crippen molar-refractivity contribution in [1.29, 1.82) is 0 Å². The largest absolute Gasteiger partial charge is 0.492 e. The molecule has 2 N–H and O–H groups in total. The van der Waals surface area contributed by atoms with Crippen molar-refractivity contribution >= 4 is 22.5 Å². The Bertz CT molecular complexity index is 1250. The van der Waals surface area contributed by atoms with E-state index in [-0.39, 0.29) is 5.82 Å². The van der Waals surface area contributed by atoms with Crippen LogP contribution in [0.25, 0.3) is 10.9 Å². The van der Waals surface area contributed by atoms with Gasteiger partial charge in [0.1, 0.15) is 29.8 Å². The van der Waals surface area contributed by atoms with Crippen LogP contribution in [0.1, 0.15) is 17.1 Å². The molecule has 8 nitrogen and oxygen atoms in total. The van der Waals surface area contributed by atoms with Crippen molar-refractivity contribution in [3.8, 4) is 5.75 Å². The fourth-order valence-corrected chi connectivity index (χ4v) is 3.93. The first-order valence-electron chi connectivity index (χ1n) is 11.4. The summed E-state index contributed by atoms with van der Waals surface area (Å²) in [7, 11) is 0. The van der Waals surface area contributed by atoms with E-state index in [4.69, 9.17) is 19.4 Å². The molecule has 1 aliphatic heterocycles. The summed E-state index contributed by atoms with van der Waals surface area (Å²) in [6.45, 7) is 6.80. The highest BCUT2D eigenvalue weighted by molar-refractivity contribution is 5.91. The molecule has 3 heterocycles. The number of hydrogen-bond donors (Lipinski definition) is 2. The van der Waals surface area contributed by atoms with Gasteiger partial charge in [-0.2, -0.15) is 5.10 Å². The van der Waals surface area contributed by atoms with Gasteiger partial charge in [0, 0.05) is 49.3 Å². The molecule has 34 heavy (non-hydrogen) atoms. The SMILES string of the molecule is Cc1cc(Nc2nc(Cc3ccc(F)cc3)nc3cc(OCCN4CCOCC4)ccc23)n[nH]1. The molecule has 1 saturated heterocycles. The summed E-state index contributed by atoms with van der Waals surface area (Å²) in [5, 5.41) is 11.4. The Balaban J connectivity index is 1.40. The van der Waals surface area contributed by atoms with Crippen LogP contribution in [0.15, 0.2) is 48.5 Å². The summed E-state index contributed by atoms with van der Waals surface area (Å²) in [5.74, 6) is 2.45. The lowest BCUT2D eigenvalue weighted by molar-refractivity contribution is 0.0322. The lowest BCUT2D eigenvalue weighted by atomic mass is 10.1. The van der Waals surface area contributed by atoms with E-state index in [0.717, 1.165) is 60.8 Å². The molecular formula is C25H27FN6O2. The van der Waals surface area contributed by atoms with Gasteiger partial charge >= 0.3 is 0 Å². The number of morpholine rings is 1. The fourth-order valence-electron chi connectivity index (χ4n) is 3.93. The summed E-state index contributed by atoms with van der Waals surface area (Å²) < 4.78 is 24.8. The van der Waals surface area contributed by atoms with Gasteiger partial charge in [0.05, 0.1) is 18.7 Å². The molecule has 0 radical (unpaired) electrons. The Morgan fingerprint density at radius 2 is 1.91 bits per heavy atom. The fraction of sp³-hybridized carbons (Fsp3) is 0.320. The first kappa shape index (κ1) is 22.2. The van der Waals surface area contributed by atoms with Crippen LogP contribution in [0.5, 0.6) is 5.75 Å². The van der Waals surface area contributed by atoms with Crippen LogP contribution in [-0.2, 0) is 11.2 Å². The summed E-state index contributed by atoms with van der Waals surface area (Å²) in [6, 6.07) is 14.1. The number of H-pyrrole nitrogens is 1. The summed E-state index contributed by atoms with van der Waals surface area (Å²) in [5.41, 5.74) is 2.65. The number of nitrogens with zero attached hydrogens (tertiary/aromatic N) is 4. The molecule has 2 aromatic heterocycles. The number of aromatic amines is 1. The van der Waals surface area contributed by atoms with Crippen molar-refractivity contribution in [3.05, 3.63) is 71.4 Å². The van der Waals surface area contributed by atoms with Crippen molar-refractivity contribution in [2.24, 2.45) is 0 Å². The summed E-state index contributed by atoms with van der Waals surface area (Å²) in [4.78, 5) is 11.9. The number of rotatable bonds is 8. The van der Waals surface area contributed by atoms with E-state index in [1.807, 2.05) is 31.2 Å². The predicted molar refractivity (Wildman–Crippen MR) is 128 cm³/mol. The molecule has 0 amide bonds.